The van der Waals surface area contributed by atoms with E-state index in [-0.39, 0.29) is 5.91 Å². The summed E-state index contributed by atoms with van der Waals surface area (Å²) in [7, 11) is 0. The number of benzene rings is 3. The van der Waals surface area contributed by atoms with Crippen molar-refractivity contribution in [2.75, 3.05) is 6.54 Å². The van der Waals surface area contributed by atoms with E-state index < -0.39 is 5.91 Å². The maximum Gasteiger partial charge on any atom is 0.251 e. The molecule has 0 saturated heterocycles. The van der Waals surface area contributed by atoms with E-state index in [1.807, 2.05) is 47.2 Å². The third kappa shape index (κ3) is 4.97. The zero-order valence-electron chi connectivity index (χ0n) is 19.5. The van der Waals surface area contributed by atoms with Crippen LogP contribution in [0.3, 0.4) is 0 Å². The predicted octanol–water partition coefficient (Wildman–Crippen LogP) is 4.08. The molecule has 0 atom stereocenters. The molecule has 2 heterocycles. The highest BCUT2D eigenvalue weighted by molar-refractivity contribution is 5.98. The van der Waals surface area contributed by atoms with Crippen molar-refractivity contribution in [3.05, 3.63) is 103 Å². The Labute approximate surface area is 207 Å². The summed E-state index contributed by atoms with van der Waals surface area (Å²) in [5.41, 5.74) is 10.5. The van der Waals surface area contributed by atoms with Gasteiger partial charge in [0.25, 0.3) is 5.91 Å². The first-order valence-electron chi connectivity index (χ1n) is 11.6. The van der Waals surface area contributed by atoms with E-state index in [1.54, 1.807) is 48.9 Å². The van der Waals surface area contributed by atoms with Gasteiger partial charge in [0.2, 0.25) is 5.91 Å². The van der Waals surface area contributed by atoms with E-state index >= 15 is 0 Å². The molecule has 0 spiro atoms. The van der Waals surface area contributed by atoms with Gasteiger partial charge in [0.05, 0.1) is 28.7 Å². The molecule has 0 unspecified atom stereocenters. The molecule has 0 radical (unpaired) electrons. The van der Waals surface area contributed by atoms with Gasteiger partial charge in [-0.1, -0.05) is 42.5 Å². The Morgan fingerprint density at radius 2 is 1.61 bits per heavy atom. The van der Waals surface area contributed by atoms with Crippen molar-refractivity contribution < 1.29 is 9.59 Å². The maximum absolute atomic E-state index is 12.8. The van der Waals surface area contributed by atoms with Crippen molar-refractivity contribution in [3.8, 4) is 22.5 Å². The number of aromatic nitrogens is 4. The van der Waals surface area contributed by atoms with Crippen LogP contribution in [0.4, 0.5) is 0 Å². The summed E-state index contributed by atoms with van der Waals surface area (Å²) in [5, 5.41) is 2.96. The molecule has 178 valence electrons. The van der Waals surface area contributed by atoms with Gasteiger partial charge in [0, 0.05) is 47.7 Å². The van der Waals surface area contributed by atoms with Gasteiger partial charge in [-0.2, -0.15) is 0 Å². The lowest BCUT2D eigenvalue weighted by molar-refractivity contribution is 0.0951. The van der Waals surface area contributed by atoms with E-state index in [0.717, 1.165) is 18.5 Å². The SMILES string of the molecule is NC(=O)c1cccc(-c2nc3cc(C(=O)NCCCn4ccnc4)ccc3nc2-c2ccccc2)c1. The summed E-state index contributed by atoms with van der Waals surface area (Å²) in [5.74, 6) is -0.687. The molecule has 8 nitrogen and oxygen atoms in total. The average molecular weight is 477 g/mol. The molecule has 0 saturated carbocycles. The van der Waals surface area contributed by atoms with Gasteiger partial charge in [-0.25, -0.2) is 15.0 Å². The monoisotopic (exact) mass is 476 g/mol. The molecular formula is C28H24N6O2. The average Bonchev–Trinajstić information content (AvgIpc) is 3.44. The summed E-state index contributed by atoms with van der Waals surface area (Å²) in [6, 6.07) is 22.0. The van der Waals surface area contributed by atoms with Crippen LogP contribution in [0.5, 0.6) is 0 Å². The van der Waals surface area contributed by atoms with Gasteiger partial charge < -0.3 is 15.6 Å². The number of hydrogen-bond acceptors (Lipinski definition) is 5. The summed E-state index contributed by atoms with van der Waals surface area (Å²) >= 11 is 0. The number of fused-ring (bicyclic) bond motifs is 1. The minimum atomic E-state index is -0.515. The zero-order valence-corrected chi connectivity index (χ0v) is 19.5. The number of carbonyl (C=O) groups is 2. The number of hydrogen-bond donors (Lipinski definition) is 2. The second kappa shape index (κ2) is 10.2. The second-order valence-corrected chi connectivity index (χ2v) is 8.35. The van der Waals surface area contributed by atoms with Crippen LogP contribution in [0.25, 0.3) is 33.5 Å². The van der Waals surface area contributed by atoms with Crippen molar-refractivity contribution in [2.24, 2.45) is 5.73 Å². The Hall–Kier alpha value is -4.85. The Morgan fingerprint density at radius 3 is 2.39 bits per heavy atom. The highest BCUT2D eigenvalue weighted by Crippen LogP contribution is 2.31. The summed E-state index contributed by atoms with van der Waals surface area (Å²) in [4.78, 5) is 38.4. The first-order valence-corrected chi connectivity index (χ1v) is 11.6. The molecule has 0 aliphatic carbocycles. The molecule has 0 bridgehead atoms. The number of aryl methyl sites for hydroxylation is 1. The van der Waals surface area contributed by atoms with Crippen LogP contribution in [0.2, 0.25) is 0 Å². The van der Waals surface area contributed by atoms with Crippen LogP contribution in [0, 0.1) is 0 Å². The van der Waals surface area contributed by atoms with Crippen molar-refractivity contribution in [2.45, 2.75) is 13.0 Å². The number of amides is 2. The molecule has 5 rings (SSSR count). The van der Waals surface area contributed by atoms with E-state index in [9.17, 15) is 9.59 Å². The van der Waals surface area contributed by atoms with Crippen LogP contribution in [-0.2, 0) is 6.54 Å². The second-order valence-electron chi connectivity index (χ2n) is 8.35. The van der Waals surface area contributed by atoms with Gasteiger partial charge in [-0.15, -0.1) is 0 Å². The molecular weight excluding hydrogens is 452 g/mol. The Bertz CT molecular complexity index is 1530. The topological polar surface area (TPSA) is 116 Å². The molecule has 3 aromatic carbocycles. The number of primary amides is 1. The zero-order chi connectivity index (χ0) is 24.9. The normalized spacial score (nSPS) is 10.9. The third-order valence-corrected chi connectivity index (χ3v) is 5.83. The van der Waals surface area contributed by atoms with Gasteiger partial charge in [-0.3, -0.25) is 9.59 Å². The molecule has 2 aromatic heterocycles. The standard InChI is InChI=1S/C28H24N6O2/c29-27(35)21-9-4-8-20(16-21)26-25(19-6-2-1-3-7-19)32-23-11-10-22(17-24(23)33-26)28(36)31-12-5-14-34-15-13-30-18-34/h1-4,6-11,13,15-18H,5,12,14H2,(H2,29,35)(H,31,36). The van der Waals surface area contributed by atoms with Crippen LogP contribution in [0.1, 0.15) is 27.1 Å². The van der Waals surface area contributed by atoms with Crippen LogP contribution in [-0.4, -0.2) is 37.9 Å². The summed E-state index contributed by atoms with van der Waals surface area (Å²) in [6.07, 6.45) is 6.17. The quantitative estimate of drug-likeness (QED) is 0.328. The van der Waals surface area contributed by atoms with Gasteiger partial charge in [0.15, 0.2) is 0 Å². The number of rotatable bonds is 8. The third-order valence-electron chi connectivity index (χ3n) is 5.83. The fourth-order valence-electron chi connectivity index (χ4n) is 4.00. The molecule has 0 aliphatic heterocycles. The van der Waals surface area contributed by atoms with Crippen LogP contribution < -0.4 is 11.1 Å². The lowest BCUT2D eigenvalue weighted by atomic mass is 10.0. The Kier molecular flexibility index (Phi) is 6.48. The van der Waals surface area contributed by atoms with E-state index in [2.05, 4.69) is 10.3 Å². The largest absolute Gasteiger partial charge is 0.366 e. The van der Waals surface area contributed by atoms with Crippen molar-refractivity contribution in [3.63, 3.8) is 0 Å². The molecule has 0 aliphatic rings. The fraction of sp³-hybridized carbons (Fsp3) is 0.107. The van der Waals surface area contributed by atoms with Gasteiger partial charge in [0.1, 0.15) is 0 Å². The first-order chi connectivity index (χ1) is 17.6. The lowest BCUT2D eigenvalue weighted by Crippen LogP contribution is -2.25. The first kappa shape index (κ1) is 22.9. The Balaban J connectivity index is 1.48. The number of carbonyl (C=O) groups excluding carboxylic acids is 2. The predicted molar refractivity (Wildman–Crippen MR) is 138 cm³/mol. The minimum absolute atomic E-state index is 0.172. The Morgan fingerprint density at radius 1 is 0.833 bits per heavy atom. The van der Waals surface area contributed by atoms with Crippen LogP contribution >= 0.6 is 0 Å². The molecule has 0 fully saturated rings. The van der Waals surface area contributed by atoms with E-state index in [0.29, 0.717) is 45.7 Å². The molecule has 2 amide bonds. The summed E-state index contributed by atoms with van der Waals surface area (Å²) in [6.45, 7) is 1.32. The van der Waals surface area contributed by atoms with Crippen molar-refractivity contribution >= 4 is 22.8 Å². The number of nitrogens with zero attached hydrogens (tertiary/aromatic N) is 4. The number of nitrogens with one attached hydrogen (secondary N) is 1. The van der Waals surface area contributed by atoms with E-state index in [1.165, 1.54) is 0 Å². The van der Waals surface area contributed by atoms with E-state index in [4.69, 9.17) is 15.7 Å². The van der Waals surface area contributed by atoms with Crippen molar-refractivity contribution in [1.82, 2.24) is 24.8 Å². The van der Waals surface area contributed by atoms with Gasteiger partial charge in [-0.05, 0) is 36.8 Å². The smallest absolute Gasteiger partial charge is 0.251 e. The summed E-state index contributed by atoms with van der Waals surface area (Å²) < 4.78 is 1.97. The lowest BCUT2D eigenvalue weighted by Gasteiger charge is -2.12. The maximum atomic E-state index is 12.8. The minimum Gasteiger partial charge on any atom is -0.366 e. The highest BCUT2D eigenvalue weighted by Gasteiger charge is 2.16. The number of nitrogens with two attached hydrogens (primary N) is 1. The molecule has 36 heavy (non-hydrogen) atoms. The molecule has 5 aromatic rings. The van der Waals surface area contributed by atoms with Gasteiger partial charge >= 0.3 is 0 Å². The van der Waals surface area contributed by atoms with Crippen LogP contribution in [0.15, 0.2) is 91.5 Å². The number of imidazole rings is 1. The molecule has 8 heteroatoms. The van der Waals surface area contributed by atoms with Crippen molar-refractivity contribution in [1.29, 1.82) is 0 Å². The fourth-order valence-corrected chi connectivity index (χ4v) is 4.00. The molecule has 3 N–H and O–H groups in total. The highest BCUT2D eigenvalue weighted by atomic mass is 16.2.